The summed E-state index contributed by atoms with van der Waals surface area (Å²) in [7, 11) is 0. The van der Waals surface area contributed by atoms with E-state index in [-0.39, 0.29) is 46.7 Å². The smallest absolute Gasteiger partial charge is 0.753 e. The molecule has 0 spiro atoms. The van der Waals surface area contributed by atoms with E-state index in [1.807, 2.05) is 18.5 Å². The van der Waals surface area contributed by atoms with Crippen LogP contribution in [-0.2, 0) is 54.0 Å². The third-order valence-electron chi connectivity index (χ3n) is 16.2. The van der Waals surface area contributed by atoms with Crippen LogP contribution in [0.15, 0.2) is 213 Å². The third kappa shape index (κ3) is 20.8. The van der Waals surface area contributed by atoms with Crippen LogP contribution in [0.1, 0.15) is 163 Å². The second kappa shape index (κ2) is 34.4. The Morgan fingerprint density at radius 3 is 1.00 bits per heavy atom. The number of carboxylic acid groups (broad SMARTS) is 1. The number of carboxylic acids is 1. The molecule has 0 fully saturated rings. The van der Waals surface area contributed by atoms with Gasteiger partial charge < -0.3 is 25.7 Å². The average molecular weight is 1390 g/mol. The fourth-order valence-electron chi connectivity index (χ4n) is 10.7. The predicted octanol–water partition coefficient (Wildman–Crippen LogP) is 22.9. The molecule has 6 aromatic carbocycles. The summed E-state index contributed by atoms with van der Waals surface area (Å²) in [5.74, 6) is -0.963. The molecule has 10 aromatic rings. The molecule has 0 aliphatic heterocycles. The second-order valence-electron chi connectivity index (χ2n) is 27.1. The van der Waals surface area contributed by atoms with Crippen molar-refractivity contribution in [2.75, 3.05) is 9.80 Å². The van der Waals surface area contributed by atoms with Crippen LogP contribution in [0.2, 0.25) is 0 Å². The molecule has 4 aromatic heterocycles. The van der Waals surface area contributed by atoms with Crippen molar-refractivity contribution in [2.24, 2.45) is 0 Å². The van der Waals surface area contributed by atoms with E-state index < -0.39 is 5.97 Å². The summed E-state index contributed by atoms with van der Waals surface area (Å²) in [6, 6.07) is 66.7. The summed E-state index contributed by atoms with van der Waals surface area (Å²) < 4.78 is 0. The number of isothiocyanates is 2. The zero-order valence-electron chi connectivity index (χ0n) is 57.5. The number of pyridine rings is 4. The summed E-state index contributed by atoms with van der Waals surface area (Å²) in [4.78, 5) is 33.2. The molecule has 10 rings (SSSR count). The number of nitrogens with zero attached hydrogens (tertiary/aromatic N) is 8. The van der Waals surface area contributed by atoms with Gasteiger partial charge in [-0.25, -0.2) is 4.79 Å². The molecule has 490 valence electrons. The number of hydrogen-bond acceptors (Lipinski definition) is 9. The number of aromatic nitrogens is 4. The normalized spacial score (nSPS) is 11.3. The summed E-state index contributed by atoms with van der Waals surface area (Å²) in [6.45, 7) is 31.7. The third-order valence-corrected chi connectivity index (χ3v) is 16.2. The van der Waals surface area contributed by atoms with Crippen molar-refractivity contribution in [3.63, 3.8) is 0 Å². The van der Waals surface area contributed by atoms with Crippen LogP contribution in [0.4, 0.5) is 34.1 Å². The maximum atomic E-state index is 10.7. The van der Waals surface area contributed by atoms with E-state index in [1.54, 1.807) is 18.3 Å². The Labute approximate surface area is 593 Å². The predicted molar refractivity (Wildman–Crippen MR) is 407 cm³/mol. The van der Waals surface area contributed by atoms with Crippen molar-refractivity contribution < 1.29 is 29.4 Å². The van der Waals surface area contributed by atoms with Gasteiger partial charge in [-0.2, -0.15) is 10.3 Å². The van der Waals surface area contributed by atoms with E-state index in [9.17, 15) is 4.79 Å². The van der Waals surface area contributed by atoms with Gasteiger partial charge in [-0.3, -0.25) is 19.9 Å². The standard InChI is InChI=1S/C70H78N4.C11H8N2O2.2CNS.Ru/c1-15-51-47-63(73(59-33-23-55(24-34-59)67(3,4)5)60-35-25-56(26-36-60)68(6,7)8)31-21-53(51)19-17-49-41-43-71-65(45-49)66-46-50(42-44-72-66)18-20-54-22-32-64(48-52(54)16-2)74(61-37-27-57(28-38-61)69(9,10)11)62-39-29-58(30-40-62)70(12,13)14;14-11(15)8-4-6-13-10(7-8)9-3-1-2-5-12-9;2*2-1-3;/h17-48H,15-16H2,1-14H3;1-7H,(H,14,15);;;/q;;2*-1;+2/b19-17+,20-18+;;;;. The van der Waals surface area contributed by atoms with Crippen LogP contribution in [-0.4, -0.2) is 41.3 Å². The zero-order valence-corrected chi connectivity index (χ0v) is 60.9. The summed E-state index contributed by atoms with van der Waals surface area (Å²) in [5, 5.41) is 25.7. The fraction of sp³-hybridized carbons (Fsp3) is 0.241. The van der Waals surface area contributed by atoms with Gasteiger partial charge in [-0.1, -0.05) is 212 Å². The average Bonchev–Trinajstić information content (AvgIpc) is 0.794. The molecule has 10 nitrogen and oxygen atoms in total. The Hall–Kier alpha value is -9.31. The van der Waals surface area contributed by atoms with Crippen LogP contribution < -0.4 is 9.80 Å². The quantitative estimate of drug-likeness (QED) is 0.0599. The minimum atomic E-state index is -0.963. The summed E-state index contributed by atoms with van der Waals surface area (Å²) in [5.41, 5.74) is 22.7. The van der Waals surface area contributed by atoms with Gasteiger partial charge in [0.1, 0.15) is 0 Å². The molecule has 0 aliphatic carbocycles. The Kier molecular flexibility index (Phi) is 27.1. The minimum absolute atomic E-state index is 0. The number of benzene rings is 6. The number of anilines is 6. The first kappa shape index (κ1) is 75.7. The molecule has 13 heteroatoms. The van der Waals surface area contributed by atoms with Crippen LogP contribution in [0.25, 0.3) is 57.9 Å². The van der Waals surface area contributed by atoms with Crippen LogP contribution in [0, 0.1) is 0 Å². The first-order valence-corrected chi connectivity index (χ1v) is 32.7. The molecule has 0 atom stereocenters. The molecular weight excluding hydrogens is 1310 g/mol. The van der Waals surface area contributed by atoms with E-state index in [0.29, 0.717) is 11.4 Å². The second-order valence-corrected chi connectivity index (χ2v) is 27.4. The first-order valence-electron chi connectivity index (χ1n) is 31.9. The summed E-state index contributed by atoms with van der Waals surface area (Å²) in [6.07, 6.45) is 17.5. The van der Waals surface area contributed by atoms with E-state index in [4.69, 9.17) is 25.9 Å². The van der Waals surface area contributed by atoms with E-state index in [2.05, 4.69) is 323 Å². The molecule has 0 saturated carbocycles. The number of aromatic carboxylic acids is 1. The van der Waals surface area contributed by atoms with Gasteiger partial charge in [0, 0.05) is 58.9 Å². The van der Waals surface area contributed by atoms with Gasteiger partial charge in [0.25, 0.3) is 0 Å². The molecule has 1 N–H and O–H groups in total. The van der Waals surface area contributed by atoms with Gasteiger partial charge in [-0.05, 0) is 211 Å². The van der Waals surface area contributed by atoms with Crippen molar-refractivity contribution in [3.05, 3.63) is 285 Å². The van der Waals surface area contributed by atoms with E-state index in [1.165, 1.54) is 73.2 Å². The van der Waals surface area contributed by atoms with Crippen LogP contribution in [0.5, 0.6) is 0 Å². The molecule has 0 radical (unpaired) electrons. The number of thiocarbonyl (C=S) groups is 2. The van der Waals surface area contributed by atoms with Crippen molar-refractivity contribution >= 4 is 99.2 Å². The van der Waals surface area contributed by atoms with Crippen molar-refractivity contribution in [2.45, 2.75) is 131 Å². The van der Waals surface area contributed by atoms with Gasteiger partial charge in [0.15, 0.2) is 0 Å². The number of rotatable bonds is 15. The minimum Gasteiger partial charge on any atom is -0.753 e. The largest absolute Gasteiger partial charge is 2.00 e. The topological polar surface area (TPSA) is 140 Å². The zero-order chi connectivity index (χ0) is 69.1. The van der Waals surface area contributed by atoms with Crippen molar-refractivity contribution in [3.8, 4) is 22.8 Å². The van der Waals surface area contributed by atoms with Gasteiger partial charge in [-0.15, -0.1) is 0 Å². The maximum Gasteiger partial charge on any atom is 2.00 e. The van der Waals surface area contributed by atoms with Crippen molar-refractivity contribution in [1.82, 2.24) is 19.9 Å². The molecule has 96 heavy (non-hydrogen) atoms. The monoisotopic (exact) mass is 1390 g/mol. The molecule has 0 unspecified atom stereocenters. The Morgan fingerprint density at radius 2 is 0.708 bits per heavy atom. The molecule has 0 saturated heterocycles. The van der Waals surface area contributed by atoms with Gasteiger partial charge >= 0.3 is 25.4 Å². The van der Waals surface area contributed by atoms with Crippen LogP contribution in [0.3, 0.4) is 0 Å². The SMILES string of the molecule is CCc1cc(N(c2ccc(C(C)(C)C)cc2)c2ccc(C(C)(C)C)cc2)ccc1/C=C/c1ccnc(-c2cc(/C=C/c3ccc(N(c4ccc(C(C)(C)C)cc4)c4ccc(C(C)(C)C)cc4)cc3CC)ccn2)c1.O=C(O)c1ccnc(-c2ccccn2)c1.[N-]=C=S.[N-]=C=S.[Ru+2]. The van der Waals surface area contributed by atoms with Gasteiger partial charge in [0.05, 0.1) is 28.3 Å². The number of hydrogen-bond donors (Lipinski definition) is 1. The Balaban J connectivity index is 0.000000566. The van der Waals surface area contributed by atoms with E-state index in [0.717, 1.165) is 69.5 Å². The molecule has 0 bridgehead atoms. The Bertz CT molecular complexity index is 3970. The van der Waals surface area contributed by atoms with E-state index >= 15 is 0 Å². The molecule has 4 heterocycles. The molecular formula is C83H86N8O2RuS2. The summed E-state index contributed by atoms with van der Waals surface area (Å²) >= 11 is 7.40. The van der Waals surface area contributed by atoms with Gasteiger partial charge in [0.2, 0.25) is 0 Å². The fourth-order valence-corrected chi connectivity index (χ4v) is 10.7. The number of aryl methyl sites for hydroxylation is 2. The molecule has 0 amide bonds. The first-order chi connectivity index (χ1) is 45.2. The van der Waals surface area contributed by atoms with Crippen molar-refractivity contribution in [1.29, 1.82) is 0 Å². The Morgan fingerprint density at radius 1 is 0.406 bits per heavy atom. The van der Waals surface area contributed by atoms with Crippen LogP contribution >= 0.6 is 24.4 Å². The maximum absolute atomic E-state index is 10.7. The molecule has 0 aliphatic rings. The number of carbonyl (C=O) groups is 1.